The SMILES string of the molecule is O=[As](O)(O)[O][Os]. The van der Waals surface area contributed by atoms with Crippen LogP contribution < -0.4 is 0 Å². The minimum absolute atomic E-state index is 0.800. The van der Waals surface area contributed by atoms with E-state index in [9.17, 15) is 3.74 Å². The van der Waals surface area contributed by atoms with Gasteiger partial charge in [-0.3, -0.25) is 0 Å². The van der Waals surface area contributed by atoms with Gasteiger partial charge >= 0.3 is 47.9 Å². The van der Waals surface area contributed by atoms with Gasteiger partial charge in [-0.2, -0.15) is 0 Å². The van der Waals surface area contributed by atoms with Gasteiger partial charge in [0.15, 0.2) is 0 Å². The zero-order chi connectivity index (χ0) is 5.21. The molecule has 0 amide bonds. The second-order valence-electron chi connectivity index (χ2n) is 0.555. The molecule has 0 rings (SSSR count). The minimum atomic E-state index is -4.65. The third kappa shape index (κ3) is 4.87. The number of hydrogen-bond donors (Lipinski definition) is 2. The van der Waals surface area contributed by atoms with E-state index in [4.69, 9.17) is 8.19 Å². The molecule has 2 N–H and O–H groups in total. The molecule has 0 aliphatic carbocycles. The molecule has 0 aliphatic heterocycles. The van der Waals surface area contributed by atoms with Gasteiger partial charge in [0.05, 0.1) is 0 Å². The van der Waals surface area contributed by atoms with Crippen LogP contribution in [0.1, 0.15) is 0 Å². The summed E-state index contributed by atoms with van der Waals surface area (Å²) >= 11 is -3.85. The molecule has 39 valence electrons. The monoisotopic (exact) mass is 333 g/mol. The molecule has 6 heteroatoms. The summed E-state index contributed by atoms with van der Waals surface area (Å²) in [5.41, 5.74) is 0. The molecule has 0 heterocycles. The maximum absolute atomic E-state index is 9.54. The molecular formula is H2AsO4Os. The first-order valence-electron chi connectivity index (χ1n) is 0.909. The van der Waals surface area contributed by atoms with Gasteiger partial charge in [0, 0.05) is 0 Å². The Kier molecular flexibility index (Phi) is 2.58. The van der Waals surface area contributed by atoms with Crippen LogP contribution in [0.3, 0.4) is 0 Å². The molecule has 0 atom stereocenters. The van der Waals surface area contributed by atoms with Crippen molar-refractivity contribution in [1.82, 2.24) is 0 Å². The van der Waals surface area contributed by atoms with Crippen LogP contribution in [-0.2, 0) is 25.2 Å². The van der Waals surface area contributed by atoms with Gasteiger partial charge in [-0.05, 0) is 0 Å². The van der Waals surface area contributed by atoms with Crippen LogP contribution in [0, 0.1) is 0 Å². The van der Waals surface area contributed by atoms with Gasteiger partial charge in [-0.15, -0.1) is 0 Å². The van der Waals surface area contributed by atoms with E-state index in [0.717, 1.165) is 19.0 Å². The third-order valence-corrected chi connectivity index (χ3v) is 3.58. The molecule has 0 aliphatic rings. The average molecular weight is 331 g/mol. The maximum atomic E-state index is 9.54. The predicted molar refractivity (Wildman–Crippen MR) is 12.0 cm³/mol. The molecule has 0 saturated carbocycles. The van der Waals surface area contributed by atoms with Crippen molar-refractivity contribution in [1.29, 1.82) is 0 Å². The van der Waals surface area contributed by atoms with Crippen LogP contribution in [0.25, 0.3) is 0 Å². The summed E-state index contributed by atoms with van der Waals surface area (Å²) in [6, 6.07) is 0. The molecule has 0 aromatic rings. The van der Waals surface area contributed by atoms with E-state index in [1.807, 2.05) is 0 Å². The summed E-state index contributed by atoms with van der Waals surface area (Å²) in [7, 11) is 0. The zero-order valence-electron chi connectivity index (χ0n) is 2.51. The summed E-state index contributed by atoms with van der Waals surface area (Å²) in [5, 5.41) is 0. The van der Waals surface area contributed by atoms with Crippen molar-refractivity contribution in [2.45, 2.75) is 0 Å². The molecular weight excluding hydrogens is 329 g/mol. The molecule has 4 nitrogen and oxygen atoms in total. The quantitative estimate of drug-likeness (QED) is 0.563. The summed E-state index contributed by atoms with van der Waals surface area (Å²) in [4.78, 5) is 0. The normalized spacial score (nSPS) is 11.8. The van der Waals surface area contributed by atoms with E-state index < -0.39 is 14.5 Å². The van der Waals surface area contributed by atoms with Crippen molar-refractivity contribution in [3.8, 4) is 0 Å². The third-order valence-electron chi connectivity index (χ3n) is 0.0841. The van der Waals surface area contributed by atoms with Crippen LogP contribution in [0.5, 0.6) is 0 Å². The summed E-state index contributed by atoms with van der Waals surface area (Å²) in [5.74, 6) is 0. The Balaban J connectivity index is 3.48. The van der Waals surface area contributed by atoms with Crippen molar-refractivity contribution in [2.75, 3.05) is 0 Å². The standard InChI is InChI=1S/AsH3O4.Os/c2-1(3,4)5;/h(H3,2,3,4,5);/q;+1/p-1. The van der Waals surface area contributed by atoms with E-state index in [-0.39, 0.29) is 0 Å². The molecule has 6 heavy (non-hydrogen) atoms. The van der Waals surface area contributed by atoms with Crippen LogP contribution in [0.4, 0.5) is 0 Å². The fourth-order valence-electron chi connectivity index (χ4n) is 0. The predicted octanol–water partition coefficient (Wildman–Crippen LogP) is -1.68. The van der Waals surface area contributed by atoms with Gasteiger partial charge in [-0.1, -0.05) is 0 Å². The molecule has 0 radical (unpaired) electrons. The van der Waals surface area contributed by atoms with Gasteiger partial charge in [0.1, 0.15) is 0 Å². The second-order valence-corrected chi connectivity index (χ2v) is 5.29. The molecule has 0 fully saturated rings. The zero-order valence-corrected chi connectivity index (χ0v) is 6.93. The van der Waals surface area contributed by atoms with Crippen molar-refractivity contribution in [2.24, 2.45) is 0 Å². The van der Waals surface area contributed by atoms with Gasteiger partial charge in [-0.25, -0.2) is 0 Å². The van der Waals surface area contributed by atoms with E-state index >= 15 is 0 Å². The van der Waals surface area contributed by atoms with Crippen molar-refractivity contribution in [3.63, 3.8) is 0 Å². The summed E-state index contributed by atoms with van der Waals surface area (Å²) < 4.78 is 28.8. The fraction of sp³-hybridized carbons (Fsp3) is 0. The first-order valence-corrected chi connectivity index (χ1v) is 5.16. The van der Waals surface area contributed by atoms with Gasteiger partial charge in [0.2, 0.25) is 0 Å². The Morgan fingerprint density at radius 2 is 1.83 bits per heavy atom. The van der Waals surface area contributed by atoms with E-state index in [1.54, 1.807) is 0 Å². The molecule has 0 unspecified atom stereocenters. The molecule has 0 aromatic carbocycles. The Morgan fingerprint density at radius 1 is 1.67 bits per heavy atom. The van der Waals surface area contributed by atoms with Crippen molar-refractivity contribution < 1.29 is 33.4 Å². The second kappa shape index (κ2) is 2.25. The van der Waals surface area contributed by atoms with Crippen LogP contribution in [0.2, 0.25) is 0 Å². The Bertz CT molecular complexity index is 71.6. The van der Waals surface area contributed by atoms with Crippen LogP contribution in [0.15, 0.2) is 0 Å². The Labute approximate surface area is 48.2 Å². The number of hydrogen-bond acceptors (Lipinski definition) is 2. The van der Waals surface area contributed by atoms with Crippen LogP contribution >= 0.6 is 0 Å². The first-order chi connectivity index (χ1) is 2.56. The summed E-state index contributed by atoms with van der Waals surface area (Å²) in [6.45, 7) is 0. The van der Waals surface area contributed by atoms with Crippen molar-refractivity contribution >= 4 is 14.5 Å². The first kappa shape index (κ1) is 6.87. The van der Waals surface area contributed by atoms with Gasteiger partial charge < -0.3 is 0 Å². The fourth-order valence-corrected chi connectivity index (χ4v) is 0. The topological polar surface area (TPSA) is 66.8 Å². The average Bonchev–Trinajstić information content (AvgIpc) is 1.35. The molecule has 0 spiro atoms. The molecule has 0 aromatic heterocycles. The van der Waals surface area contributed by atoms with Crippen molar-refractivity contribution in [3.05, 3.63) is 0 Å². The number of rotatable bonds is 1. The molecule has 0 saturated heterocycles. The summed E-state index contributed by atoms with van der Waals surface area (Å²) in [6.07, 6.45) is 0. The Morgan fingerprint density at radius 3 is 1.83 bits per heavy atom. The van der Waals surface area contributed by atoms with Gasteiger partial charge in [0.25, 0.3) is 0 Å². The van der Waals surface area contributed by atoms with E-state index in [0.29, 0.717) is 0 Å². The van der Waals surface area contributed by atoms with E-state index in [2.05, 4.69) is 2.52 Å². The molecule has 0 bridgehead atoms. The Hall–Kier alpha value is 0.875. The van der Waals surface area contributed by atoms with E-state index in [1.165, 1.54) is 0 Å². The van der Waals surface area contributed by atoms with Crippen LogP contribution in [-0.4, -0.2) is 22.7 Å².